The molecule has 1 aromatic heterocycles. The molecule has 0 saturated carbocycles. The summed E-state index contributed by atoms with van der Waals surface area (Å²) in [6.45, 7) is 4.72. The van der Waals surface area contributed by atoms with Gasteiger partial charge >= 0.3 is 0 Å². The molecule has 0 radical (unpaired) electrons. The summed E-state index contributed by atoms with van der Waals surface area (Å²) in [6, 6.07) is 8.06. The molecule has 2 heterocycles. The van der Waals surface area contributed by atoms with Crippen LogP contribution in [0.2, 0.25) is 0 Å². The summed E-state index contributed by atoms with van der Waals surface area (Å²) >= 11 is 0. The Bertz CT molecular complexity index is 1090. The van der Waals surface area contributed by atoms with Gasteiger partial charge in [0.15, 0.2) is 0 Å². The van der Waals surface area contributed by atoms with Crippen LogP contribution in [0.25, 0.3) is 0 Å². The van der Waals surface area contributed by atoms with Gasteiger partial charge in [0.1, 0.15) is 6.54 Å². The Balaban J connectivity index is 1.69. The van der Waals surface area contributed by atoms with E-state index < -0.39 is 27.0 Å². The van der Waals surface area contributed by atoms with Gasteiger partial charge < -0.3 is 5.32 Å². The average molecular weight is 420 g/mol. The topological polar surface area (TPSA) is 121 Å². The first-order valence-corrected chi connectivity index (χ1v) is 10.8. The van der Waals surface area contributed by atoms with Crippen LogP contribution in [0.4, 0.5) is 5.69 Å². The predicted molar refractivity (Wildman–Crippen MR) is 108 cm³/mol. The van der Waals surface area contributed by atoms with Crippen LogP contribution in [0.15, 0.2) is 50.9 Å². The maximum atomic E-state index is 12.9. The van der Waals surface area contributed by atoms with Gasteiger partial charge in [-0.1, -0.05) is 13.8 Å². The van der Waals surface area contributed by atoms with Crippen LogP contribution in [0.3, 0.4) is 0 Å². The molecule has 1 aliphatic rings. The molecule has 1 aliphatic heterocycles. The number of aromatic amines is 1. The van der Waals surface area contributed by atoms with Gasteiger partial charge in [0.2, 0.25) is 15.9 Å². The zero-order valence-corrected chi connectivity index (χ0v) is 17.1. The van der Waals surface area contributed by atoms with E-state index >= 15 is 0 Å². The summed E-state index contributed by atoms with van der Waals surface area (Å²) in [7, 11) is -3.60. The number of benzene rings is 1. The smallest absolute Gasteiger partial charge is 0.265 e. The molecule has 0 bridgehead atoms. The Hall–Kier alpha value is -2.72. The summed E-state index contributed by atoms with van der Waals surface area (Å²) in [5.74, 6) is 0.0862. The number of rotatable bonds is 5. The number of amides is 1. The minimum absolute atomic E-state index is 0.167. The molecular formula is C19H24N4O5S. The third-order valence-electron chi connectivity index (χ3n) is 4.80. The molecule has 2 aromatic rings. The van der Waals surface area contributed by atoms with E-state index in [0.29, 0.717) is 30.6 Å². The van der Waals surface area contributed by atoms with Gasteiger partial charge in [-0.25, -0.2) is 13.1 Å². The first kappa shape index (κ1) is 21.0. The van der Waals surface area contributed by atoms with Gasteiger partial charge in [0.05, 0.1) is 4.90 Å². The van der Waals surface area contributed by atoms with E-state index in [1.807, 2.05) is 13.8 Å². The van der Waals surface area contributed by atoms with Gasteiger partial charge in [-0.3, -0.25) is 19.5 Å². The number of H-pyrrole nitrogens is 1. The molecule has 1 amide bonds. The first-order chi connectivity index (χ1) is 13.6. The number of anilines is 1. The van der Waals surface area contributed by atoms with Crippen molar-refractivity contribution >= 4 is 21.6 Å². The predicted octanol–water partition coefficient (Wildman–Crippen LogP) is 0.842. The Labute approximate surface area is 168 Å². The molecule has 0 spiro atoms. The lowest BCUT2D eigenvalue weighted by Crippen LogP contribution is -2.42. The van der Waals surface area contributed by atoms with E-state index in [1.165, 1.54) is 28.6 Å². The van der Waals surface area contributed by atoms with Crippen molar-refractivity contribution in [3.8, 4) is 0 Å². The van der Waals surface area contributed by atoms with E-state index in [9.17, 15) is 22.8 Å². The highest BCUT2D eigenvalue weighted by Gasteiger charge is 2.31. The molecule has 9 nitrogen and oxygen atoms in total. The number of carbonyl (C=O) groups excluding carboxylic acids is 1. The van der Waals surface area contributed by atoms with Crippen LogP contribution >= 0.6 is 0 Å². The fraction of sp³-hybridized carbons (Fsp3) is 0.421. The maximum absolute atomic E-state index is 12.9. The standard InChI is InChI=1S/C19H24N4O5S/c1-13-9-14(2)11-22(10-13)29(27,28)16-5-3-15(4-6-16)20-18(25)12-23-19(26)8-7-17(24)21-23/h3-8,13-14H,9-12H2,1-2H3,(H,20,25)(H,21,24)/t13-,14+. The Morgan fingerprint density at radius 3 is 2.31 bits per heavy atom. The van der Waals surface area contributed by atoms with Crippen molar-refractivity contribution in [2.75, 3.05) is 18.4 Å². The largest absolute Gasteiger partial charge is 0.324 e. The van der Waals surface area contributed by atoms with Crippen molar-refractivity contribution < 1.29 is 13.2 Å². The zero-order chi connectivity index (χ0) is 21.2. The van der Waals surface area contributed by atoms with Gasteiger partial charge in [-0.15, -0.1) is 0 Å². The third-order valence-corrected chi connectivity index (χ3v) is 6.65. The third kappa shape index (κ3) is 5.01. The number of piperidine rings is 1. The van der Waals surface area contributed by atoms with E-state index in [-0.39, 0.29) is 11.4 Å². The van der Waals surface area contributed by atoms with Crippen molar-refractivity contribution in [1.82, 2.24) is 14.1 Å². The molecular weight excluding hydrogens is 396 g/mol. The molecule has 1 saturated heterocycles. The highest BCUT2D eigenvalue weighted by molar-refractivity contribution is 7.89. The highest BCUT2D eigenvalue weighted by Crippen LogP contribution is 2.27. The van der Waals surface area contributed by atoms with E-state index in [4.69, 9.17) is 0 Å². The summed E-state index contributed by atoms with van der Waals surface area (Å²) in [6.07, 6.45) is 1.01. The van der Waals surface area contributed by atoms with E-state index in [2.05, 4.69) is 10.4 Å². The molecule has 1 aromatic carbocycles. The van der Waals surface area contributed by atoms with E-state index in [1.54, 1.807) is 0 Å². The highest BCUT2D eigenvalue weighted by atomic mass is 32.2. The fourth-order valence-electron chi connectivity index (χ4n) is 3.59. The first-order valence-electron chi connectivity index (χ1n) is 9.35. The Morgan fingerprint density at radius 1 is 1.07 bits per heavy atom. The molecule has 1 fully saturated rings. The molecule has 29 heavy (non-hydrogen) atoms. The average Bonchev–Trinajstić information content (AvgIpc) is 2.64. The number of sulfonamides is 1. The summed E-state index contributed by atoms with van der Waals surface area (Å²) in [4.78, 5) is 35.2. The van der Waals surface area contributed by atoms with Crippen molar-refractivity contribution in [1.29, 1.82) is 0 Å². The van der Waals surface area contributed by atoms with Crippen molar-refractivity contribution in [3.63, 3.8) is 0 Å². The monoisotopic (exact) mass is 420 g/mol. The zero-order valence-electron chi connectivity index (χ0n) is 16.3. The molecule has 2 atom stereocenters. The number of carbonyl (C=O) groups is 1. The van der Waals surface area contributed by atoms with Crippen molar-refractivity contribution in [2.24, 2.45) is 11.8 Å². The lowest BCUT2D eigenvalue weighted by atomic mass is 9.94. The van der Waals surface area contributed by atoms with Crippen molar-refractivity contribution in [2.45, 2.75) is 31.7 Å². The number of hydrogen-bond donors (Lipinski definition) is 2. The molecule has 3 rings (SSSR count). The van der Waals surface area contributed by atoms with Crippen LogP contribution in [0.1, 0.15) is 20.3 Å². The Morgan fingerprint density at radius 2 is 1.69 bits per heavy atom. The molecule has 0 unspecified atom stereocenters. The fourth-order valence-corrected chi connectivity index (χ4v) is 5.26. The molecule has 2 N–H and O–H groups in total. The van der Waals surface area contributed by atoms with Gasteiger partial charge in [0, 0.05) is 30.9 Å². The second-order valence-corrected chi connectivity index (χ2v) is 9.51. The van der Waals surface area contributed by atoms with Crippen molar-refractivity contribution in [3.05, 3.63) is 57.1 Å². The molecule has 10 heteroatoms. The summed E-state index contributed by atoms with van der Waals surface area (Å²) in [5, 5.41) is 4.85. The molecule has 156 valence electrons. The lowest BCUT2D eigenvalue weighted by Gasteiger charge is -2.34. The second kappa shape index (κ2) is 8.34. The number of hydrogen-bond acceptors (Lipinski definition) is 5. The summed E-state index contributed by atoms with van der Waals surface area (Å²) < 4.78 is 28.2. The van der Waals surface area contributed by atoms with Gasteiger partial charge in [-0.05, 0) is 42.5 Å². The van der Waals surface area contributed by atoms with Crippen LogP contribution in [-0.4, -0.2) is 41.5 Å². The number of nitrogens with one attached hydrogen (secondary N) is 2. The van der Waals surface area contributed by atoms with Crippen LogP contribution < -0.4 is 16.4 Å². The minimum Gasteiger partial charge on any atom is -0.324 e. The van der Waals surface area contributed by atoms with Crippen LogP contribution in [0.5, 0.6) is 0 Å². The van der Waals surface area contributed by atoms with Gasteiger partial charge in [0.25, 0.3) is 11.1 Å². The number of aromatic nitrogens is 2. The van der Waals surface area contributed by atoms with Crippen LogP contribution in [0, 0.1) is 11.8 Å². The molecule has 0 aliphatic carbocycles. The van der Waals surface area contributed by atoms with Gasteiger partial charge in [-0.2, -0.15) is 4.31 Å². The second-order valence-electron chi connectivity index (χ2n) is 7.57. The van der Waals surface area contributed by atoms with E-state index in [0.717, 1.165) is 23.2 Å². The van der Waals surface area contributed by atoms with Crippen LogP contribution in [-0.2, 0) is 21.4 Å². The maximum Gasteiger partial charge on any atom is 0.265 e. The SMILES string of the molecule is C[C@@H]1C[C@H](C)CN(S(=O)(=O)c2ccc(NC(=O)Cn3[nH]c(=O)ccc3=O)cc2)C1. The quantitative estimate of drug-likeness (QED) is 0.742. The Kier molecular flexibility index (Phi) is 6.04. The number of nitrogens with zero attached hydrogens (tertiary/aromatic N) is 2. The lowest BCUT2D eigenvalue weighted by molar-refractivity contribution is -0.117. The normalized spacial score (nSPS) is 20.3. The minimum atomic E-state index is -3.60. The summed E-state index contributed by atoms with van der Waals surface area (Å²) in [5.41, 5.74) is -0.611.